The SMILES string of the molecule is CCOC(=O)C1(C(=O)OCC)C[C@@]1(C(C)=O)[S@@](=O)c1ccc(C)cc1. The summed E-state index contributed by atoms with van der Waals surface area (Å²) in [6, 6.07) is 6.80. The van der Waals surface area contributed by atoms with Crippen molar-refractivity contribution in [3.8, 4) is 0 Å². The van der Waals surface area contributed by atoms with Gasteiger partial charge in [0.25, 0.3) is 0 Å². The Labute approximate surface area is 149 Å². The standard InChI is InChI=1S/C18H22O6S/c1-5-23-15(20)17(16(21)24-6-2)11-18(17,13(4)19)25(22)14-9-7-12(3)8-10-14/h7-10H,5-6,11H2,1-4H3/t18-,25-/m0/s1. The van der Waals surface area contributed by atoms with Gasteiger partial charge >= 0.3 is 11.9 Å². The molecular weight excluding hydrogens is 344 g/mol. The molecular formula is C18H22O6S. The number of hydrogen-bond donors (Lipinski definition) is 0. The molecule has 0 spiro atoms. The van der Waals surface area contributed by atoms with Gasteiger partial charge < -0.3 is 9.47 Å². The van der Waals surface area contributed by atoms with Gasteiger partial charge in [0.15, 0.2) is 11.2 Å². The van der Waals surface area contributed by atoms with E-state index in [1.54, 1.807) is 38.1 Å². The molecule has 0 N–H and O–H groups in total. The van der Waals surface area contributed by atoms with Gasteiger partial charge in [-0.3, -0.25) is 18.6 Å². The molecule has 0 radical (unpaired) electrons. The van der Waals surface area contributed by atoms with Crippen molar-refractivity contribution in [2.24, 2.45) is 5.41 Å². The van der Waals surface area contributed by atoms with E-state index < -0.39 is 38.7 Å². The molecule has 25 heavy (non-hydrogen) atoms. The first kappa shape index (κ1) is 19.3. The van der Waals surface area contributed by atoms with Crippen molar-refractivity contribution < 1.29 is 28.1 Å². The van der Waals surface area contributed by atoms with E-state index in [2.05, 4.69) is 0 Å². The number of carbonyl (C=O) groups excluding carboxylic acids is 3. The van der Waals surface area contributed by atoms with E-state index >= 15 is 0 Å². The summed E-state index contributed by atoms with van der Waals surface area (Å²) in [6.07, 6.45) is -0.173. The van der Waals surface area contributed by atoms with Crippen LogP contribution in [-0.2, 0) is 34.7 Å². The Morgan fingerprint density at radius 2 is 1.52 bits per heavy atom. The van der Waals surface area contributed by atoms with E-state index in [1.807, 2.05) is 6.92 Å². The molecule has 1 aliphatic rings. The van der Waals surface area contributed by atoms with Crippen LogP contribution in [0, 0.1) is 12.3 Å². The van der Waals surface area contributed by atoms with Crippen LogP contribution in [0.15, 0.2) is 29.2 Å². The second kappa shape index (κ2) is 7.07. The maximum Gasteiger partial charge on any atom is 0.325 e. The summed E-state index contributed by atoms with van der Waals surface area (Å²) in [6.45, 7) is 6.42. The molecule has 6 nitrogen and oxygen atoms in total. The Morgan fingerprint density at radius 1 is 1.04 bits per heavy atom. The lowest BCUT2D eigenvalue weighted by Crippen LogP contribution is -2.44. The van der Waals surface area contributed by atoms with Gasteiger partial charge in [-0.2, -0.15) is 0 Å². The largest absolute Gasteiger partial charge is 0.465 e. The Balaban J connectivity index is 2.53. The van der Waals surface area contributed by atoms with Crippen LogP contribution in [0.3, 0.4) is 0 Å². The molecule has 0 aliphatic heterocycles. The highest BCUT2D eigenvalue weighted by Gasteiger charge is 2.84. The molecule has 0 heterocycles. The van der Waals surface area contributed by atoms with Crippen molar-refractivity contribution in [1.29, 1.82) is 0 Å². The van der Waals surface area contributed by atoms with Crippen molar-refractivity contribution in [1.82, 2.24) is 0 Å². The van der Waals surface area contributed by atoms with Gasteiger partial charge in [0.1, 0.15) is 4.75 Å². The number of carbonyl (C=O) groups is 3. The lowest BCUT2D eigenvalue weighted by molar-refractivity contribution is -0.165. The van der Waals surface area contributed by atoms with E-state index in [0.717, 1.165) is 5.56 Å². The molecule has 136 valence electrons. The van der Waals surface area contributed by atoms with Crippen molar-refractivity contribution >= 4 is 28.5 Å². The summed E-state index contributed by atoms with van der Waals surface area (Å²) >= 11 is 0. The second-order valence-corrected chi connectivity index (χ2v) is 7.69. The van der Waals surface area contributed by atoms with Gasteiger partial charge in [-0.05, 0) is 39.8 Å². The summed E-state index contributed by atoms with van der Waals surface area (Å²) in [4.78, 5) is 37.9. The van der Waals surface area contributed by atoms with Gasteiger partial charge in [0.05, 0.1) is 24.0 Å². The fourth-order valence-electron chi connectivity index (χ4n) is 3.04. The molecule has 7 heteroatoms. The third-order valence-electron chi connectivity index (χ3n) is 4.45. The molecule has 2 rings (SSSR count). The smallest absolute Gasteiger partial charge is 0.325 e. The maximum absolute atomic E-state index is 13.2. The summed E-state index contributed by atoms with van der Waals surface area (Å²) < 4.78 is 21.6. The Kier molecular flexibility index (Phi) is 5.46. The lowest BCUT2D eigenvalue weighted by atomic mass is 10.0. The molecule has 0 bridgehead atoms. The molecule has 2 atom stereocenters. The minimum absolute atomic E-state index is 0.0468. The predicted octanol–water partition coefficient (Wildman–Crippen LogP) is 1.95. The molecule has 1 aromatic rings. The Bertz CT molecular complexity index is 706. The minimum Gasteiger partial charge on any atom is -0.465 e. The number of esters is 2. The first-order chi connectivity index (χ1) is 11.8. The predicted molar refractivity (Wildman–Crippen MR) is 91.3 cm³/mol. The van der Waals surface area contributed by atoms with E-state index in [-0.39, 0.29) is 19.6 Å². The van der Waals surface area contributed by atoms with Gasteiger partial charge in [0, 0.05) is 11.3 Å². The Hall–Kier alpha value is -2.02. The van der Waals surface area contributed by atoms with Crippen LogP contribution < -0.4 is 0 Å². The summed E-state index contributed by atoms with van der Waals surface area (Å²) in [5.41, 5.74) is -0.879. The highest BCUT2D eigenvalue weighted by molar-refractivity contribution is 7.88. The average molecular weight is 366 g/mol. The average Bonchev–Trinajstić information content (AvgIpc) is 3.28. The topological polar surface area (TPSA) is 86.7 Å². The van der Waals surface area contributed by atoms with E-state index in [4.69, 9.17) is 9.47 Å². The molecule has 1 aromatic carbocycles. The number of hydrogen-bond acceptors (Lipinski definition) is 6. The van der Waals surface area contributed by atoms with Gasteiger partial charge in [-0.1, -0.05) is 17.7 Å². The highest BCUT2D eigenvalue weighted by atomic mass is 32.2. The summed E-state index contributed by atoms with van der Waals surface area (Å²) in [5.74, 6) is -2.21. The van der Waals surface area contributed by atoms with Gasteiger partial charge in [-0.25, -0.2) is 0 Å². The van der Waals surface area contributed by atoms with E-state index in [1.165, 1.54) is 6.92 Å². The summed E-state index contributed by atoms with van der Waals surface area (Å²) in [5, 5.41) is 0. The van der Waals surface area contributed by atoms with Gasteiger partial charge in [0.2, 0.25) is 0 Å². The zero-order valence-corrected chi connectivity index (χ0v) is 15.6. The maximum atomic E-state index is 13.2. The number of ketones is 1. The first-order valence-corrected chi connectivity index (χ1v) is 9.27. The molecule has 0 aromatic heterocycles. The zero-order chi connectivity index (χ0) is 18.8. The van der Waals surface area contributed by atoms with E-state index in [0.29, 0.717) is 4.90 Å². The molecule has 0 unspecified atom stereocenters. The number of Topliss-reactive ketones (excluding diaryl/α,β-unsaturated/α-hetero) is 1. The zero-order valence-electron chi connectivity index (χ0n) is 14.8. The quantitative estimate of drug-likeness (QED) is 0.541. The molecule has 1 saturated carbocycles. The number of aryl methyl sites for hydroxylation is 1. The normalized spacial score (nSPS) is 21.9. The van der Waals surface area contributed by atoms with Crippen LogP contribution in [0.5, 0.6) is 0 Å². The summed E-state index contributed by atoms with van der Waals surface area (Å²) in [7, 11) is -1.89. The molecule has 1 fully saturated rings. The van der Waals surface area contributed by atoms with Crippen LogP contribution in [-0.4, -0.2) is 39.9 Å². The van der Waals surface area contributed by atoms with Crippen LogP contribution in [0.1, 0.15) is 32.8 Å². The fourth-order valence-corrected chi connectivity index (χ4v) is 4.92. The minimum atomic E-state index is -1.89. The Morgan fingerprint density at radius 3 is 1.92 bits per heavy atom. The number of ether oxygens (including phenoxy) is 2. The molecule has 0 saturated heterocycles. The fraction of sp³-hybridized carbons (Fsp3) is 0.500. The first-order valence-electron chi connectivity index (χ1n) is 8.12. The van der Waals surface area contributed by atoms with Crippen molar-refractivity contribution in [2.45, 2.75) is 43.8 Å². The van der Waals surface area contributed by atoms with Crippen LogP contribution in [0.2, 0.25) is 0 Å². The van der Waals surface area contributed by atoms with E-state index in [9.17, 15) is 18.6 Å². The number of benzene rings is 1. The third kappa shape index (κ3) is 2.90. The second-order valence-electron chi connectivity index (χ2n) is 5.99. The van der Waals surface area contributed by atoms with Gasteiger partial charge in [-0.15, -0.1) is 0 Å². The van der Waals surface area contributed by atoms with Crippen molar-refractivity contribution in [3.05, 3.63) is 29.8 Å². The highest BCUT2D eigenvalue weighted by Crippen LogP contribution is 2.63. The van der Waals surface area contributed by atoms with Crippen molar-refractivity contribution in [3.63, 3.8) is 0 Å². The van der Waals surface area contributed by atoms with Crippen molar-refractivity contribution in [2.75, 3.05) is 13.2 Å². The molecule has 1 aliphatic carbocycles. The van der Waals surface area contributed by atoms with Crippen LogP contribution in [0.25, 0.3) is 0 Å². The lowest BCUT2D eigenvalue weighted by Gasteiger charge is -2.21. The number of rotatable bonds is 7. The van der Waals surface area contributed by atoms with Crippen LogP contribution in [0.4, 0.5) is 0 Å². The molecule has 0 amide bonds. The third-order valence-corrected chi connectivity index (χ3v) is 6.56. The van der Waals surface area contributed by atoms with Crippen LogP contribution >= 0.6 is 0 Å². The monoisotopic (exact) mass is 366 g/mol.